The zero-order chi connectivity index (χ0) is 9.03. The Balaban J connectivity index is 0.000000336. The van der Waals surface area contributed by atoms with Crippen molar-refractivity contribution in [2.24, 2.45) is 0 Å². The molecule has 0 aromatic heterocycles. The summed E-state index contributed by atoms with van der Waals surface area (Å²) in [6, 6.07) is 0. The zero-order valence-corrected chi connectivity index (χ0v) is 8.39. The monoisotopic (exact) mass is 172 g/mol. The molecule has 0 saturated carbocycles. The molecule has 0 aromatic rings. The van der Waals surface area contributed by atoms with Crippen LogP contribution in [0, 0.1) is 0 Å². The highest BCUT2D eigenvalue weighted by molar-refractivity contribution is 4.99. The average Bonchev–Trinajstić information content (AvgIpc) is 2.06. The number of nitrogens with one attached hydrogen (secondary N) is 1. The first-order valence-electron chi connectivity index (χ1n) is 4.82. The van der Waals surface area contributed by atoms with Crippen LogP contribution in [0.15, 0.2) is 0 Å². The average molecular weight is 172 g/mol. The van der Waals surface area contributed by atoms with E-state index < -0.39 is 0 Å². The molecule has 2 heterocycles. The van der Waals surface area contributed by atoms with Crippen LogP contribution >= 0.6 is 0 Å². The minimum atomic E-state index is 0.326. The van der Waals surface area contributed by atoms with Gasteiger partial charge in [-0.05, 0) is 7.05 Å². The summed E-state index contributed by atoms with van der Waals surface area (Å²) in [6.07, 6.45) is 0. The fourth-order valence-electron chi connectivity index (χ4n) is 1.71. The van der Waals surface area contributed by atoms with Crippen LogP contribution in [0.5, 0.6) is 0 Å². The molecule has 2 rings (SSSR count). The van der Waals surface area contributed by atoms with Crippen molar-refractivity contribution in [3.8, 4) is 0 Å². The predicted octanol–water partition coefficient (Wildman–Crippen LogP) is 0.317. The number of rotatable bonds is 0. The second-order valence-corrected chi connectivity index (χ2v) is 3.44. The second kappa shape index (κ2) is 4.21. The maximum absolute atomic E-state index is 5.17. The molecule has 0 aliphatic carbocycles. The van der Waals surface area contributed by atoms with E-state index >= 15 is 0 Å². The van der Waals surface area contributed by atoms with E-state index in [4.69, 9.17) is 4.74 Å². The third kappa shape index (κ3) is 1.97. The summed E-state index contributed by atoms with van der Waals surface area (Å²) in [7, 11) is 2.17. The van der Waals surface area contributed by atoms with Crippen LogP contribution in [0.2, 0.25) is 0 Å². The first-order valence-corrected chi connectivity index (χ1v) is 4.82. The fourth-order valence-corrected chi connectivity index (χ4v) is 1.71. The summed E-state index contributed by atoms with van der Waals surface area (Å²) in [5, 5.41) is 3.50. The van der Waals surface area contributed by atoms with Gasteiger partial charge in [-0.25, -0.2) is 0 Å². The van der Waals surface area contributed by atoms with Gasteiger partial charge in [0.15, 0.2) is 0 Å². The molecule has 2 aliphatic heterocycles. The lowest BCUT2D eigenvalue weighted by molar-refractivity contribution is -0.0968. The lowest BCUT2D eigenvalue weighted by Gasteiger charge is -2.47. The normalized spacial score (nSPS) is 27.2. The van der Waals surface area contributed by atoms with E-state index in [0.717, 1.165) is 26.3 Å². The van der Waals surface area contributed by atoms with Crippen LogP contribution in [0.1, 0.15) is 13.8 Å². The maximum Gasteiger partial charge on any atom is 0.0782 e. The van der Waals surface area contributed by atoms with Gasteiger partial charge in [0.2, 0.25) is 0 Å². The summed E-state index contributed by atoms with van der Waals surface area (Å²) in [5.74, 6) is 0. The molecule has 0 unspecified atom stereocenters. The lowest BCUT2D eigenvalue weighted by atomic mass is 9.95. The van der Waals surface area contributed by atoms with Gasteiger partial charge in [0.25, 0.3) is 0 Å². The highest BCUT2D eigenvalue weighted by Crippen LogP contribution is 2.19. The van der Waals surface area contributed by atoms with Crippen molar-refractivity contribution < 1.29 is 4.74 Å². The van der Waals surface area contributed by atoms with Crippen molar-refractivity contribution >= 4 is 0 Å². The molecule has 0 bridgehead atoms. The van der Waals surface area contributed by atoms with Gasteiger partial charge < -0.3 is 15.0 Å². The number of likely N-dealkylation sites (N-methyl/N-ethyl adjacent to an activating group) is 1. The van der Waals surface area contributed by atoms with Crippen molar-refractivity contribution in [2.45, 2.75) is 19.4 Å². The Hall–Kier alpha value is -0.120. The first-order chi connectivity index (χ1) is 5.81. The Morgan fingerprint density at radius 3 is 2.33 bits per heavy atom. The smallest absolute Gasteiger partial charge is 0.0782 e. The van der Waals surface area contributed by atoms with E-state index in [1.807, 2.05) is 13.8 Å². The third-order valence-corrected chi connectivity index (χ3v) is 2.32. The molecule has 0 aromatic carbocycles. The molecule has 2 saturated heterocycles. The molecule has 72 valence electrons. The highest BCUT2D eigenvalue weighted by Gasteiger charge is 2.40. The van der Waals surface area contributed by atoms with E-state index in [-0.39, 0.29) is 0 Å². The number of hydrogen-bond acceptors (Lipinski definition) is 3. The summed E-state index contributed by atoms with van der Waals surface area (Å²) >= 11 is 0. The minimum Gasteiger partial charge on any atom is -0.377 e. The Labute approximate surface area is 75.1 Å². The molecule has 2 fully saturated rings. The van der Waals surface area contributed by atoms with E-state index in [1.165, 1.54) is 6.54 Å². The third-order valence-electron chi connectivity index (χ3n) is 2.32. The van der Waals surface area contributed by atoms with Crippen molar-refractivity contribution in [3.05, 3.63) is 0 Å². The van der Waals surface area contributed by atoms with Crippen LogP contribution in [0.4, 0.5) is 0 Å². The highest BCUT2D eigenvalue weighted by atomic mass is 16.5. The molecule has 0 amide bonds. The quantitative estimate of drug-likeness (QED) is 0.569. The molecule has 2 aliphatic rings. The zero-order valence-electron chi connectivity index (χ0n) is 8.39. The molecule has 3 nitrogen and oxygen atoms in total. The molecule has 0 radical (unpaired) electrons. The van der Waals surface area contributed by atoms with Crippen LogP contribution < -0.4 is 5.32 Å². The standard InChI is InChI=1S/C7H14N2O.C2H6/c1-9-3-2-8-7(4-9)5-10-6-7;1-2/h8H,2-6H2,1H3;1-2H3. The van der Waals surface area contributed by atoms with Crippen LogP contribution in [0.25, 0.3) is 0 Å². The Morgan fingerprint density at radius 2 is 2.00 bits per heavy atom. The van der Waals surface area contributed by atoms with Gasteiger partial charge in [0.05, 0.1) is 18.8 Å². The molecular weight excluding hydrogens is 152 g/mol. The lowest BCUT2D eigenvalue weighted by Crippen LogP contribution is -2.69. The van der Waals surface area contributed by atoms with Crippen LogP contribution in [0.3, 0.4) is 0 Å². The largest absolute Gasteiger partial charge is 0.377 e. The number of hydrogen-bond donors (Lipinski definition) is 1. The SMILES string of the molecule is CC.CN1CCNC2(COC2)C1. The molecule has 12 heavy (non-hydrogen) atoms. The van der Waals surface area contributed by atoms with Gasteiger partial charge in [-0.3, -0.25) is 0 Å². The van der Waals surface area contributed by atoms with Crippen molar-refractivity contribution in [1.29, 1.82) is 0 Å². The molecular formula is C9H20N2O. The van der Waals surface area contributed by atoms with E-state index in [0.29, 0.717) is 5.54 Å². The summed E-state index contributed by atoms with van der Waals surface area (Å²) < 4.78 is 5.17. The summed E-state index contributed by atoms with van der Waals surface area (Å²) in [5.41, 5.74) is 0.326. The summed E-state index contributed by atoms with van der Waals surface area (Å²) in [6.45, 7) is 9.23. The van der Waals surface area contributed by atoms with Crippen molar-refractivity contribution in [3.63, 3.8) is 0 Å². The van der Waals surface area contributed by atoms with Crippen LogP contribution in [-0.4, -0.2) is 50.3 Å². The van der Waals surface area contributed by atoms with E-state index in [1.54, 1.807) is 0 Å². The summed E-state index contributed by atoms with van der Waals surface area (Å²) in [4.78, 5) is 2.36. The van der Waals surface area contributed by atoms with Crippen molar-refractivity contribution in [1.82, 2.24) is 10.2 Å². The molecule has 1 N–H and O–H groups in total. The molecule has 0 atom stereocenters. The molecule has 3 heteroatoms. The Bertz CT molecular complexity index is 134. The fraction of sp³-hybridized carbons (Fsp3) is 1.00. The van der Waals surface area contributed by atoms with E-state index in [2.05, 4.69) is 17.3 Å². The van der Waals surface area contributed by atoms with Gasteiger partial charge in [0.1, 0.15) is 0 Å². The van der Waals surface area contributed by atoms with Gasteiger partial charge in [0, 0.05) is 19.6 Å². The van der Waals surface area contributed by atoms with Gasteiger partial charge in [-0.2, -0.15) is 0 Å². The minimum absolute atomic E-state index is 0.326. The van der Waals surface area contributed by atoms with Gasteiger partial charge in [-0.1, -0.05) is 13.8 Å². The number of ether oxygens (including phenoxy) is 1. The number of piperazine rings is 1. The number of nitrogens with zero attached hydrogens (tertiary/aromatic N) is 1. The maximum atomic E-state index is 5.17. The second-order valence-electron chi connectivity index (χ2n) is 3.44. The molecule has 1 spiro atoms. The van der Waals surface area contributed by atoms with Crippen molar-refractivity contribution in [2.75, 3.05) is 39.9 Å². The van der Waals surface area contributed by atoms with Gasteiger partial charge in [-0.15, -0.1) is 0 Å². The van der Waals surface area contributed by atoms with Crippen LogP contribution in [-0.2, 0) is 4.74 Å². The van der Waals surface area contributed by atoms with Gasteiger partial charge >= 0.3 is 0 Å². The predicted molar refractivity (Wildman–Crippen MR) is 50.4 cm³/mol. The Morgan fingerprint density at radius 1 is 1.33 bits per heavy atom. The topological polar surface area (TPSA) is 24.5 Å². The first kappa shape index (κ1) is 9.96. The Kier molecular flexibility index (Phi) is 3.50. The van der Waals surface area contributed by atoms with E-state index in [9.17, 15) is 0 Å².